The Balaban J connectivity index is 0.000000431. The minimum Gasteiger partial charge on any atom is -0.466 e. The van der Waals surface area contributed by atoms with Crippen LogP contribution in [0.1, 0.15) is 73.8 Å². The molecule has 1 aliphatic rings. The molecular weight excluding hydrogens is 374 g/mol. The lowest BCUT2D eigenvalue weighted by atomic mass is 9.98. The van der Waals surface area contributed by atoms with Gasteiger partial charge in [0, 0.05) is 19.0 Å². The van der Waals surface area contributed by atoms with Crippen LogP contribution in [0.4, 0.5) is 0 Å². The lowest BCUT2D eigenvalue weighted by Crippen LogP contribution is -2.40. The number of hydrogen-bond donors (Lipinski definition) is 0. The van der Waals surface area contributed by atoms with Crippen molar-refractivity contribution in [2.45, 2.75) is 74.7 Å². The number of amides is 1. The molecule has 172 valence electrons. The van der Waals surface area contributed by atoms with E-state index in [9.17, 15) is 9.59 Å². The van der Waals surface area contributed by atoms with Crippen LogP contribution in [-0.2, 0) is 20.7 Å². The zero-order chi connectivity index (χ0) is 23.1. The zero-order valence-electron chi connectivity index (χ0n) is 20.6. The number of piperidine rings is 1. The molecule has 4 heteroatoms. The number of hydrogen-bond acceptors (Lipinski definition) is 3. The fraction of sp³-hybridized carbons (Fsp3) is 0.692. The molecule has 2 rings (SSSR count). The van der Waals surface area contributed by atoms with Crippen LogP contribution in [0.15, 0.2) is 30.3 Å². The van der Waals surface area contributed by atoms with Crippen LogP contribution in [-0.4, -0.2) is 36.5 Å². The summed E-state index contributed by atoms with van der Waals surface area (Å²) < 4.78 is 4.66. The zero-order valence-corrected chi connectivity index (χ0v) is 20.6. The van der Waals surface area contributed by atoms with E-state index < -0.39 is 0 Å². The summed E-state index contributed by atoms with van der Waals surface area (Å²) in [6.07, 6.45) is 3.55. The van der Waals surface area contributed by atoms with E-state index in [1.165, 1.54) is 24.8 Å². The first-order valence-corrected chi connectivity index (χ1v) is 11.6. The number of carbonyl (C=O) groups excluding carboxylic acids is 2. The number of rotatable bonds is 5. The number of benzene rings is 1. The fourth-order valence-corrected chi connectivity index (χ4v) is 2.99. The van der Waals surface area contributed by atoms with Gasteiger partial charge in [0.25, 0.3) is 0 Å². The van der Waals surface area contributed by atoms with Crippen molar-refractivity contribution in [3.05, 3.63) is 35.9 Å². The van der Waals surface area contributed by atoms with Gasteiger partial charge < -0.3 is 9.64 Å². The van der Waals surface area contributed by atoms with Crippen LogP contribution in [0.5, 0.6) is 0 Å². The van der Waals surface area contributed by atoms with Gasteiger partial charge in [0.05, 0.1) is 12.5 Å². The van der Waals surface area contributed by atoms with Crippen LogP contribution >= 0.6 is 0 Å². The van der Waals surface area contributed by atoms with E-state index in [0.29, 0.717) is 12.5 Å². The maximum absolute atomic E-state index is 11.5. The Morgan fingerprint density at radius 1 is 0.967 bits per heavy atom. The molecule has 30 heavy (non-hydrogen) atoms. The molecule has 1 fully saturated rings. The Morgan fingerprint density at radius 2 is 1.50 bits per heavy atom. The smallest absolute Gasteiger partial charge is 0.308 e. The molecule has 4 nitrogen and oxygen atoms in total. The van der Waals surface area contributed by atoms with E-state index >= 15 is 0 Å². The van der Waals surface area contributed by atoms with Gasteiger partial charge in [0.1, 0.15) is 0 Å². The molecule has 0 atom stereocenters. The molecule has 1 aliphatic heterocycles. The van der Waals surface area contributed by atoms with Crippen LogP contribution in [0.3, 0.4) is 0 Å². The van der Waals surface area contributed by atoms with Crippen molar-refractivity contribution in [1.29, 1.82) is 0 Å². The number of carbonyl (C=O) groups is 2. The third-order valence-electron chi connectivity index (χ3n) is 4.83. The summed E-state index contributed by atoms with van der Waals surface area (Å²) in [5.74, 6) is 1.95. The SMILES string of the molecule is CC(C)Cc1ccccc1.CC1CCN(C(=O)C(C)C)CC1.CCOC(=O)C(C)C. The second-order valence-electron chi connectivity index (χ2n) is 9.15. The number of nitrogens with zero attached hydrogens (tertiary/aromatic N) is 1. The first kappa shape index (κ1) is 28.2. The standard InChI is InChI=1S/C10H19NO.C10H14.C6H12O2/c1-8(2)10(12)11-6-4-9(3)5-7-11;1-9(2)8-10-6-4-3-5-7-10;1-4-8-6(7)5(2)3/h8-9H,4-7H2,1-3H3;3-7,9H,8H2,1-2H3;5H,4H2,1-3H3. The first-order chi connectivity index (χ1) is 14.1. The van der Waals surface area contributed by atoms with Gasteiger partial charge in [-0.05, 0) is 43.6 Å². The van der Waals surface area contributed by atoms with E-state index in [4.69, 9.17) is 0 Å². The van der Waals surface area contributed by atoms with Crippen molar-refractivity contribution in [3.63, 3.8) is 0 Å². The maximum Gasteiger partial charge on any atom is 0.308 e. The molecule has 1 aromatic rings. The fourth-order valence-electron chi connectivity index (χ4n) is 2.99. The second kappa shape index (κ2) is 15.9. The van der Waals surface area contributed by atoms with Crippen molar-refractivity contribution in [1.82, 2.24) is 4.90 Å². The normalized spacial score (nSPS) is 14.0. The van der Waals surface area contributed by atoms with Gasteiger partial charge in [-0.3, -0.25) is 9.59 Å². The van der Waals surface area contributed by atoms with Crippen molar-refractivity contribution in [2.75, 3.05) is 19.7 Å². The molecular formula is C26H45NO3. The molecule has 0 radical (unpaired) electrons. The summed E-state index contributed by atoms with van der Waals surface area (Å²) in [5, 5.41) is 0. The summed E-state index contributed by atoms with van der Waals surface area (Å²) in [4.78, 5) is 24.1. The lowest BCUT2D eigenvalue weighted by Gasteiger charge is -2.31. The first-order valence-electron chi connectivity index (χ1n) is 11.6. The summed E-state index contributed by atoms with van der Waals surface area (Å²) in [5.41, 5.74) is 1.44. The molecule has 0 spiro atoms. The van der Waals surface area contributed by atoms with Gasteiger partial charge in [-0.2, -0.15) is 0 Å². The molecule has 1 saturated heterocycles. The Bertz CT molecular complexity index is 573. The van der Waals surface area contributed by atoms with E-state index in [1.807, 2.05) is 32.6 Å². The highest BCUT2D eigenvalue weighted by molar-refractivity contribution is 5.78. The lowest BCUT2D eigenvalue weighted by molar-refractivity contribution is -0.146. The van der Waals surface area contributed by atoms with E-state index in [2.05, 4.69) is 55.8 Å². The second-order valence-corrected chi connectivity index (χ2v) is 9.15. The molecule has 1 amide bonds. The summed E-state index contributed by atoms with van der Waals surface area (Å²) >= 11 is 0. The van der Waals surface area contributed by atoms with E-state index in [0.717, 1.165) is 24.9 Å². The molecule has 0 saturated carbocycles. The van der Waals surface area contributed by atoms with Gasteiger partial charge in [-0.15, -0.1) is 0 Å². The Labute approximate surface area is 185 Å². The molecule has 0 aliphatic carbocycles. The predicted octanol–water partition coefficient (Wildman–Crippen LogP) is 5.99. The van der Waals surface area contributed by atoms with Crippen molar-refractivity contribution in [3.8, 4) is 0 Å². The molecule has 0 aromatic heterocycles. The summed E-state index contributed by atoms with van der Waals surface area (Å²) in [7, 11) is 0. The average Bonchev–Trinajstić information content (AvgIpc) is 2.69. The maximum atomic E-state index is 11.5. The van der Waals surface area contributed by atoms with Gasteiger partial charge in [-0.25, -0.2) is 0 Å². The Hall–Kier alpha value is -1.84. The Morgan fingerprint density at radius 3 is 1.87 bits per heavy atom. The summed E-state index contributed by atoms with van der Waals surface area (Å²) in [6, 6.07) is 10.6. The average molecular weight is 420 g/mol. The summed E-state index contributed by atoms with van der Waals surface area (Å²) in [6.45, 7) is 18.6. The van der Waals surface area contributed by atoms with Gasteiger partial charge >= 0.3 is 5.97 Å². The van der Waals surface area contributed by atoms with Crippen molar-refractivity contribution < 1.29 is 14.3 Å². The molecule has 0 unspecified atom stereocenters. The highest BCUT2D eigenvalue weighted by Crippen LogP contribution is 2.17. The van der Waals surface area contributed by atoms with Crippen LogP contribution in [0.25, 0.3) is 0 Å². The Kier molecular flexibility index (Phi) is 15.0. The van der Waals surface area contributed by atoms with E-state index in [-0.39, 0.29) is 17.8 Å². The highest BCUT2D eigenvalue weighted by atomic mass is 16.5. The molecule has 1 aromatic carbocycles. The molecule has 0 bridgehead atoms. The van der Waals surface area contributed by atoms with Gasteiger partial charge in [0.2, 0.25) is 5.91 Å². The topological polar surface area (TPSA) is 46.6 Å². The van der Waals surface area contributed by atoms with Crippen LogP contribution < -0.4 is 0 Å². The van der Waals surface area contributed by atoms with Crippen molar-refractivity contribution in [2.24, 2.45) is 23.7 Å². The number of esters is 1. The highest BCUT2D eigenvalue weighted by Gasteiger charge is 2.21. The van der Waals surface area contributed by atoms with E-state index in [1.54, 1.807) is 6.92 Å². The predicted molar refractivity (Wildman–Crippen MR) is 126 cm³/mol. The third-order valence-corrected chi connectivity index (χ3v) is 4.83. The van der Waals surface area contributed by atoms with Crippen LogP contribution in [0, 0.1) is 23.7 Å². The molecule has 0 N–H and O–H groups in total. The van der Waals surface area contributed by atoms with Crippen molar-refractivity contribution >= 4 is 11.9 Å². The largest absolute Gasteiger partial charge is 0.466 e. The van der Waals surface area contributed by atoms with Crippen LogP contribution in [0.2, 0.25) is 0 Å². The monoisotopic (exact) mass is 419 g/mol. The minimum atomic E-state index is -0.118. The van der Waals surface area contributed by atoms with Gasteiger partial charge in [0.15, 0.2) is 0 Å². The quantitative estimate of drug-likeness (QED) is 0.551. The minimum absolute atomic E-state index is 0.00921. The number of likely N-dealkylation sites (tertiary alicyclic amines) is 1. The molecule has 1 heterocycles. The van der Waals surface area contributed by atoms with Gasteiger partial charge in [-0.1, -0.05) is 78.8 Å². The third kappa shape index (κ3) is 13.4. The number of ether oxygens (including phenoxy) is 1.